The van der Waals surface area contributed by atoms with Crippen LogP contribution in [0.3, 0.4) is 0 Å². The molecule has 0 aliphatic carbocycles. The van der Waals surface area contributed by atoms with Crippen LogP contribution >= 0.6 is 0 Å². The molecule has 54 heavy (non-hydrogen) atoms. The molecule has 3 aliphatic rings. The van der Waals surface area contributed by atoms with Crippen molar-refractivity contribution in [2.45, 2.75) is 109 Å². The summed E-state index contributed by atoms with van der Waals surface area (Å²) in [6, 6.07) is 3.49. The molecule has 2 fully saturated rings. The SMILES string of the molecule is CC(=O)OC[C@H]1O[C@@H]([C@@]2(O)[C@H](OC(C)=O)[C@@H](N3C(=O)c4ccccc4C3=O)[C@@H](OC(C)=O)O[C@@H]2COC(C)=O)[C@H](OC(C)=O)[C@@H](OC(C)=O)[C@H]1OC(C)=O. The lowest BCUT2D eigenvalue weighted by molar-refractivity contribution is -0.357. The second-order valence-corrected chi connectivity index (χ2v) is 12.5. The zero-order chi connectivity index (χ0) is 40.2. The van der Waals surface area contributed by atoms with Gasteiger partial charge in [-0.25, -0.2) is 0 Å². The molecule has 0 aromatic heterocycles. The summed E-state index contributed by atoms with van der Waals surface area (Å²) in [5.74, 6) is -9.05. The second kappa shape index (κ2) is 16.7. The molecule has 0 radical (unpaired) electrons. The van der Waals surface area contributed by atoms with Gasteiger partial charge < -0.3 is 47.7 Å². The maximum Gasteiger partial charge on any atom is 0.305 e. The molecular formula is C34H39NO19. The molecule has 0 spiro atoms. The summed E-state index contributed by atoms with van der Waals surface area (Å²) in [4.78, 5) is 115. The van der Waals surface area contributed by atoms with Crippen LogP contribution in [0.1, 0.15) is 69.2 Å². The summed E-state index contributed by atoms with van der Waals surface area (Å²) < 4.78 is 50.1. The largest absolute Gasteiger partial charge is 0.463 e. The third-order valence-corrected chi connectivity index (χ3v) is 8.44. The molecule has 0 unspecified atom stereocenters. The van der Waals surface area contributed by atoms with E-state index < -0.39 is 127 Å². The number of hydrogen-bond donors (Lipinski definition) is 1. The van der Waals surface area contributed by atoms with Gasteiger partial charge in [-0.05, 0) is 12.1 Å². The number of aliphatic hydroxyl groups is 1. The van der Waals surface area contributed by atoms with E-state index in [-0.39, 0.29) is 11.1 Å². The van der Waals surface area contributed by atoms with Gasteiger partial charge in [0.25, 0.3) is 11.8 Å². The quantitative estimate of drug-likeness (QED) is 0.166. The highest BCUT2D eigenvalue weighted by Crippen LogP contribution is 2.45. The average molecular weight is 766 g/mol. The van der Waals surface area contributed by atoms with Crippen molar-refractivity contribution in [2.75, 3.05) is 13.2 Å². The van der Waals surface area contributed by atoms with Gasteiger partial charge in [-0.1, -0.05) is 12.1 Å². The summed E-state index contributed by atoms with van der Waals surface area (Å²) in [6.45, 7) is 5.03. The van der Waals surface area contributed by atoms with Crippen LogP contribution in [0.25, 0.3) is 0 Å². The zero-order valence-corrected chi connectivity index (χ0v) is 30.2. The molecule has 2 amide bonds. The standard InChI is InChI=1S/C34H39NO19/c1-14(36)46-12-23-26(48-16(3)38)27(49-17(4)39)28(50-18(5)40)30(53-23)34(45)24(13-47-15(2)37)54-33(52-20(7)42)25(29(34)51-19(6)41)35-31(43)21-10-8-9-11-22(21)32(35)44/h8-11,23-30,33,45H,12-13H2,1-7H3/t23-,24-,25-,26+,27+,28-,29-,30-,33+,34+/m1/s1. The van der Waals surface area contributed by atoms with E-state index in [2.05, 4.69) is 0 Å². The van der Waals surface area contributed by atoms with Gasteiger partial charge in [0.05, 0.1) is 11.1 Å². The van der Waals surface area contributed by atoms with Crippen molar-refractivity contribution in [3.63, 3.8) is 0 Å². The molecule has 0 saturated carbocycles. The van der Waals surface area contributed by atoms with Crippen molar-refractivity contribution in [3.8, 4) is 0 Å². The van der Waals surface area contributed by atoms with Crippen LogP contribution < -0.4 is 0 Å². The first-order valence-electron chi connectivity index (χ1n) is 16.4. The number of nitrogens with zero attached hydrogens (tertiary/aromatic N) is 1. The van der Waals surface area contributed by atoms with E-state index in [4.69, 9.17) is 42.6 Å². The lowest BCUT2D eigenvalue weighted by Crippen LogP contribution is -2.80. The molecule has 20 heteroatoms. The van der Waals surface area contributed by atoms with Crippen molar-refractivity contribution in [2.24, 2.45) is 0 Å². The first-order chi connectivity index (χ1) is 25.3. The molecule has 1 aromatic rings. The van der Waals surface area contributed by atoms with Gasteiger partial charge in [-0.3, -0.25) is 48.1 Å². The highest BCUT2D eigenvalue weighted by atomic mass is 16.7. The van der Waals surface area contributed by atoms with Gasteiger partial charge in [-0.15, -0.1) is 0 Å². The number of carbonyl (C=O) groups excluding carboxylic acids is 9. The molecule has 1 aromatic carbocycles. The van der Waals surface area contributed by atoms with Gasteiger partial charge in [0.15, 0.2) is 30.0 Å². The number of fused-ring (bicyclic) bond motifs is 1. The third-order valence-electron chi connectivity index (χ3n) is 8.44. The number of benzene rings is 1. The summed E-state index contributed by atoms with van der Waals surface area (Å²) >= 11 is 0. The zero-order valence-electron chi connectivity index (χ0n) is 30.2. The van der Waals surface area contributed by atoms with E-state index in [9.17, 15) is 48.3 Å². The molecule has 3 heterocycles. The Labute approximate surface area is 307 Å². The van der Waals surface area contributed by atoms with Crippen molar-refractivity contribution in [3.05, 3.63) is 35.4 Å². The molecule has 3 aliphatic heterocycles. The van der Waals surface area contributed by atoms with Crippen LogP contribution in [0.15, 0.2) is 24.3 Å². The summed E-state index contributed by atoms with van der Waals surface area (Å²) in [7, 11) is 0. The lowest BCUT2D eigenvalue weighted by atomic mass is 9.73. The lowest BCUT2D eigenvalue weighted by Gasteiger charge is -2.57. The van der Waals surface area contributed by atoms with E-state index in [0.29, 0.717) is 4.90 Å². The van der Waals surface area contributed by atoms with Crippen molar-refractivity contribution < 1.29 is 90.9 Å². The van der Waals surface area contributed by atoms with E-state index in [0.717, 1.165) is 48.5 Å². The number of hydrogen-bond acceptors (Lipinski definition) is 19. The van der Waals surface area contributed by atoms with Gasteiger partial charge >= 0.3 is 41.8 Å². The van der Waals surface area contributed by atoms with E-state index in [1.807, 2.05) is 0 Å². The number of rotatable bonds is 11. The fourth-order valence-electron chi connectivity index (χ4n) is 6.60. The van der Waals surface area contributed by atoms with Crippen molar-refractivity contribution >= 4 is 53.6 Å². The number of esters is 7. The number of amides is 2. The topological polar surface area (TPSA) is 260 Å². The van der Waals surface area contributed by atoms with Crippen LogP contribution in [0, 0.1) is 0 Å². The summed E-state index contributed by atoms with van der Waals surface area (Å²) in [6.07, 6.45) is -15.8. The Morgan fingerprint density at radius 3 is 1.57 bits per heavy atom. The molecular weight excluding hydrogens is 726 g/mol. The van der Waals surface area contributed by atoms with Crippen LogP contribution in [0.5, 0.6) is 0 Å². The highest BCUT2D eigenvalue weighted by Gasteiger charge is 2.71. The Bertz CT molecular complexity index is 1670. The van der Waals surface area contributed by atoms with E-state index in [1.165, 1.54) is 24.3 Å². The Kier molecular flexibility index (Phi) is 12.8. The second-order valence-electron chi connectivity index (χ2n) is 12.5. The summed E-state index contributed by atoms with van der Waals surface area (Å²) in [5.41, 5.74) is -3.32. The normalized spacial score (nSPS) is 30.3. The third kappa shape index (κ3) is 8.66. The molecule has 10 atom stereocenters. The molecule has 0 bridgehead atoms. The van der Waals surface area contributed by atoms with Crippen molar-refractivity contribution in [1.29, 1.82) is 0 Å². The number of ether oxygens (including phenoxy) is 9. The minimum atomic E-state index is -3.08. The van der Waals surface area contributed by atoms with Gasteiger partial charge in [0.2, 0.25) is 6.29 Å². The van der Waals surface area contributed by atoms with Crippen LogP contribution in [-0.4, -0.2) is 137 Å². The first kappa shape index (κ1) is 41.3. The van der Waals surface area contributed by atoms with Gasteiger partial charge in [-0.2, -0.15) is 0 Å². The minimum absolute atomic E-state index is 0.122. The Morgan fingerprint density at radius 1 is 0.630 bits per heavy atom. The highest BCUT2D eigenvalue weighted by molar-refractivity contribution is 6.21. The van der Waals surface area contributed by atoms with Crippen LogP contribution in [0.4, 0.5) is 0 Å². The first-order valence-corrected chi connectivity index (χ1v) is 16.4. The van der Waals surface area contributed by atoms with Gasteiger partial charge in [0.1, 0.15) is 37.6 Å². The molecule has 294 valence electrons. The number of carbonyl (C=O) groups is 9. The fourth-order valence-corrected chi connectivity index (χ4v) is 6.60. The fraction of sp³-hybridized carbons (Fsp3) is 0.559. The Morgan fingerprint density at radius 2 is 1.09 bits per heavy atom. The molecule has 4 rings (SSSR count). The van der Waals surface area contributed by atoms with Crippen LogP contribution in [0.2, 0.25) is 0 Å². The Balaban J connectivity index is 2.05. The van der Waals surface area contributed by atoms with E-state index in [1.54, 1.807) is 0 Å². The summed E-state index contributed by atoms with van der Waals surface area (Å²) in [5, 5.41) is 13.2. The monoisotopic (exact) mass is 765 g/mol. The average Bonchev–Trinajstić information content (AvgIpc) is 3.30. The molecule has 1 N–H and O–H groups in total. The minimum Gasteiger partial charge on any atom is -0.463 e. The molecule has 20 nitrogen and oxygen atoms in total. The maximum atomic E-state index is 13.9. The molecule has 2 saturated heterocycles. The predicted octanol–water partition coefficient (Wildman–Crippen LogP) is -0.709. The smallest absolute Gasteiger partial charge is 0.305 e. The Hall–Kier alpha value is -5.47. The van der Waals surface area contributed by atoms with Gasteiger partial charge in [0, 0.05) is 48.5 Å². The van der Waals surface area contributed by atoms with Crippen LogP contribution in [-0.2, 0) is 76.2 Å². The maximum absolute atomic E-state index is 13.9. The van der Waals surface area contributed by atoms with Crippen molar-refractivity contribution in [1.82, 2.24) is 4.90 Å². The number of imide groups is 1. The van der Waals surface area contributed by atoms with E-state index >= 15 is 0 Å². The predicted molar refractivity (Wildman–Crippen MR) is 170 cm³/mol.